The number of nitrogens with zero attached hydrogens (tertiary/aromatic N) is 1. The van der Waals surface area contributed by atoms with Gasteiger partial charge in [0.1, 0.15) is 0 Å². The third-order valence-electron chi connectivity index (χ3n) is 2.76. The number of hydrogen-bond donors (Lipinski definition) is 1. The predicted octanol–water partition coefficient (Wildman–Crippen LogP) is 3.43. The van der Waals surface area contributed by atoms with Crippen LogP contribution in [0.1, 0.15) is 5.89 Å². The van der Waals surface area contributed by atoms with E-state index in [1.807, 2.05) is 0 Å². The van der Waals surface area contributed by atoms with E-state index in [0.717, 1.165) is 13.1 Å². The molecule has 1 aromatic carbocycles. The first-order valence-electron chi connectivity index (χ1n) is 6.31. The molecule has 0 aliphatic rings. The molecule has 0 fully saturated rings. The number of halogens is 2. The number of benzene rings is 1. The zero-order valence-electron chi connectivity index (χ0n) is 11.2. The van der Waals surface area contributed by atoms with Crippen LogP contribution in [0.15, 0.2) is 28.8 Å². The quantitative estimate of drug-likeness (QED) is 0.795. The van der Waals surface area contributed by atoms with Crippen LogP contribution >= 0.6 is 23.2 Å². The smallest absolute Gasteiger partial charge is 0.196 e. The van der Waals surface area contributed by atoms with Crippen LogP contribution < -0.4 is 5.32 Å². The van der Waals surface area contributed by atoms with E-state index in [1.54, 1.807) is 31.5 Å². The lowest BCUT2D eigenvalue weighted by atomic mass is 10.2. The molecule has 0 saturated heterocycles. The summed E-state index contributed by atoms with van der Waals surface area (Å²) in [5.74, 6) is 1.24. The third-order valence-corrected chi connectivity index (χ3v) is 3.39. The van der Waals surface area contributed by atoms with Crippen molar-refractivity contribution in [3.63, 3.8) is 0 Å². The molecule has 0 aliphatic heterocycles. The van der Waals surface area contributed by atoms with Gasteiger partial charge < -0.3 is 14.5 Å². The molecule has 0 saturated carbocycles. The van der Waals surface area contributed by atoms with Crippen molar-refractivity contribution in [2.45, 2.75) is 6.42 Å². The summed E-state index contributed by atoms with van der Waals surface area (Å²) in [6.07, 6.45) is 2.35. The van der Waals surface area contributed by atoms with Crippen molar-refractivity contribution in [3.8, 4) is 11.3 Å². The Kier molecular flexibility index (Phi) is 5.86. The third kappa shape index (κ3) is 3.96. The van der Waals surface area contributed by atoms with Crippen molar-refractivity contribution in [3.05, 3.63) is 40.3 Å². The van der Waals surface area contributed by atoms with E-state index in [4.69, 9.17) is 32.4 Å². The van der Waals surface area contributed by atoms with Crippen LogP contribution in [0.25, 0.3) is 11.3 Å². The highest BCUT2D eigenvalue weighted by molar-refractivity contribution is 6.39. The van der Waals surface area contributed by atoms with Crippen LogP contribution in [0.4, 0.5) is 0 Å². The lowest BCUT2D eigenvalue weighted by Crippen LogP contribution is -2.21. The summed E-state index contributed by atoms with van der Waals surface area (Å²) >= 11 is 12.3. The molecule has 4 nitrogen and oxygen atoms in total. The van der Waals surface area contributed by atoms with Crippen molar-refractivity contribution >= 4 is 23.2 Å². The molecule has 0 aliphatic carbocycles. The molecule has 0 atom stereocenters. The zero-order chi connectivity index (χ0) is 14.4. The number of ether oxygens (including phenoxy) is 1. The van der Waals surface area contributed by atoms with Crippen LogP contribution in [0, 0.1) is 0 Å². The van der Waals surface area contributed by atoms with E-state index in [2.05, 4.69) is 10.3 Å². The second kappa shape index (κ2) is 7.64. The van der Waals surface area contributed by atoms with Crippen molar-refractivity contribution in [2.75, 3.05) is 26.8 Å². The summed E-state index contributed by atoms with van der Waals surface area (Å²) in [7, 11) is 1.68. The van der Waals surface area contributed by atoms with Gasteiger partial charge in [-0.05, 0) is 12.1 Å². The average molecular weight is 315 g/mol. The maximum atomic E-state index is 6.14. The average Bonchev–Trinajstić information content (AvgIpc) is 2.87. The molecular weight excluding hydrogens is 299 g/mol. The summed E-state index contributed by atoms with van der Waals surface area (Å²) in [4.78, 5) is 4.24. The van der Waals surface area contributed by atoms with Gasteiger partial charge in [-0.25, -0.2) is 4.98 Å². The van der Waals surface area contributed by atoms with E-state index in [0.29, 0.717) is 40.3 Å². The first kappa shape index (κ1) is 15.3. The van der Waals surface area contributed by atoms with Gasteiger partial charge in [-0.15, -0.1) is 0 Å². The monoisotopic (exact) mass is 314 g/mol. The normalized spacial score (nSPS) is 10.9. The highest BCUT2D eigenvalue weighted by Gasteiger charge is 2.13. The lowest BCUT2D eigenvalue weighted by Gasteiger charge is -2.03. The SMILES string of the molecule is COCCNCCc1ncc(-c2c(Cl)cccc2Cl)o1. The predicted molar refractivity (Wildman–Crippen MR) is 80.4 cm³/mol. The largest absolute Gasteiger partial charge is 0.441 e. The molecule has 1 heterocycles. The molecule has 1 aromatic heterocycles. The second-order valence-electron chi connectivity index (χ2n) is 4.21. The molecule has 108 valence electrons. The minimum Gasteiger partial charge on any atom is -0.441 e. The molecule has 0 unspecified atom stereocenters. The van der Waals surface area contributed by atoms with Crippen LogP contribution in [-0.4, -0.2) is 31.8 Å². The number of aromatic nitrogens is 1. The number of methoxy groups -OCH3 is 1. The molecule has 2 aromatic rings. The van der Waals surface area contributed by atoms with Gasteiger partial charge in [0, 0.05) is 26.6 Å². The van der Waals surface area contributed by atoms with Gasteiger partial charge in [0.2, 0.25) is 0 Å². The topological polar surface area (TPSA) is 47.3 Å². The highest BCUT2D eigenvalue weighted by atomic mass is 35.5. The molecule has 2 rings (SSSR count). The molecule has 1 N–H and O–H groups in total. The van der Waals surface area contributed by atoms with Gasteiger partial charge in [0.15, 0.2) is 11.7 Å². The Morgan fingerprint density at radius 1 is 1.25 bits per heavy atom. The summed E-state index contributed by atoms with van der Waals surface area (Å²) in [5, 5.41) is 4.34. The number of nitrogens with one attached hydrogen (secondary N) is 1. The van der Waals surface area contributed by atoms with Gasteiger partial charge in [-0.1, -0.05) is 29.3 Å². The van der Waals surface area contributed by atoms with Gasteiger partial charge in [-0.2, -0.15) is 0 Å². The van der Waals surface area contributed by atoms with E-state index < -0.39 is 0 Å². The van der Waals surface area contributed by atoms with Crippen molar-refractivity contribution < 1.29 is 9.15 Å². The van der Waals surface area contributed by atoms with Crippen LogP contribution in [0.3, 0.4) is 0 Å². The zero-order valence-corrected chi connectivity index (χ0v) is 12.7. The van der Waals surface area contributed by atoms with Crippen molar-refractivity contribution in [2.24, 2.45) is 0 Å². The van der Waals surface area contributed by atoms with E-state index in [-0.39, 0.29) is 0 Å². The Bertz CT molecular complexity index is 538. The number of hydrogen-bond acceptors (Lipinski definition) is 4. The highest BCUT2D eigenvalue weighted by Crippen LogP contribution is 2.34. The Labute approximate surface area is 128 Å². The van der Waals surface area contributed by atoms with Gasteiger partial charge >= 0.3 is 0 Å². The van der Waals surface area contributed by atoms with Crippen LogP contribution in [0.5, 0.6) is 0 Å². The summed E-state index contributed by atoms with van der Waals surface area (Å²) in [6, 6.07) is 5.35. The Morgan fingerprint density at radius 3 is 2.70 bits per heavy atom. The fourth-order valence-electron chi connectivity index (χ4n) is 1.77. The minimum atomic E-state index is 0.554. The number of oxazole rings is 1. The maximum Gasteiger partial charge on any atom is 0.196 e. The summed E-state index contributed by atoms with van der Waals surface area (Å²) < 4.78 is 10.6. The molecular formula is C14H16Cl2N2O2. The Morgan fingerprint density at radius 2 is 2.00 bits per heavy atom. The summed E-state index contributed by atoms with van der Waals surface area (Å²) in [6.45, 7) is 2.27. The fraction of sp³-hybridized carbons (Fsp3) is 0.357. The summed E-state index contributed by atoms with van der Waals surface area (Å²) in [5.41, 5.74) is 0.682. The first-order valence-corrected chi connectivity index (χ1v) is 7.06. The number of rotatable bonds is 7. The molecule has 0 spiro atoms. The second-order valence-corrected chi connectivity index (χ2v) is 5.02. The Hall–Kier alpha value is -1.07. The van der Waals surface area contributed by atoms with Crippen LogP contribution in [0.2, 0.25) is 10.0 Å². The fourth-order valence-corrected chi connectivity index (χ4v) is 2.35. The lowest BCUT2D eigenvalue weighted by molar-refractivity contribution is 0.199. The molecule has 0 radical (unpaired) electrons. The Balaban J connectivity index is 1.98. The molecule has 0 bridgehead atoms. The first-order chi connectivity index (χ1) is 9.72. The molecule has 6 heteroatoms. The van der Waals surface area contributed by atoms with Crippen molar-refractivity contribution in [1.82, 2.24) is 10.3 Å². The van der Waals surface area contributed by atoms with Crippen molar-refractivity contribution in [1.29, 1.82) is 0 Å². The maximum absolute atomic E-state index is 6.14. The molecule has 0 amide bonds. The molecule has 20 heavy (non-hydrogen) atoms. The van der Waals surface area contributed by atoms with E-state index in [1.165, 1.54) is 0 Å². The van der Waals surface area contributed by atoms with Gasteiger partial charge in [0.25, 0.3) is 0 Å². The van der Waals surface area contributed by atoms with Gasteiger partial charge in [-0.3, -0.25) is 0 Å². The van der Waals surface area contributed by atoms with E-state index >= 15 is 0 Å². The van der Waals surface area contributed by atoms with Gasteiger partial charge in [0.05, 0.1) is 28.4 Å². The standard InChI is InChI=1S/C14H16Cl2N2O2/c1-19-8-7-17-6-5-13-18-9-12(20-13)14-10(15)3-2-4-11(14)16/h2-4,9,17H,5-8H2,1H3. The van der Waals surface area contributed by atoms with Crippen LogP contribution in [-0.2, 0) is 11.2 Å². The van der Waals surface area contributed by atoms with E-state index in [9.17, 15) is 0 Å². The minimum absolute atomic E-state index is 0.554.